The molecule has 2 heterocycles. The molecule has 1 aliphatic heterocycles. The zero-order valence-electron chi connectivity index (χ0n) is 10.8. The van der Waals surface area contributed by atoms with Crippen LogP contribution in [0.5, 0.6) is 0 Å². The minimum absolute atomic E-state index is 0.805. The molecule has 0 atom stereocenters. The van der Waals surface area contributed by atoms with Gasteiger partial charge >= 0.3 is 0 Å². The molecule has 0 aliphatic carbocycles. The van der Waals surface area contributed by atoms with E-state index in [-0.39, 0.29) is 0 Å². The van der Waals surface area contributed by atoms with E-state index in [4.69, 9.17) is 5.26 Å². The Bertz CT molecular complexity index is 386. The standard InChI is InChI=1S/C14H21N3S/c15-11-13-5-6-14(18-13)12-16-7-10-17-8-3-1-2-4-9-17/h5-6,16H,1-4,7-10,12H2. The lowest BCUT2D eigenvalue weighted by atomic mass is 10.2. The highest BCUT2D eigenvalue weighted by Crippen LogP contribution is 2.14. The fourth-order valence-electron chi connectivity index (χ4n) is 2.34. The first-order chi connectivity index (χ1) is 8.88. The van der Waals surface area contributed by atoms with Crippen LogP contribution in [0.2, 0.25) is 0 Å². The van der Waals surface area contributed by atoms with Crippen LogP contribution in [0.1, 0.15) is 35.4 Å². The zero-order valence-corrected chi connectivity index (χ0v) is 11.6. The van der Waals surface area contributed by atoms with E-state index < -0.39 is 0 Å². The summed E-state index contributed by atoms with van der Waals surface area (Å²) in [4.78, 5) is 4.62. The van der Waals surface area contributed by atoms with Crippen LogP contribution in [0, 0.1) is 11.3 Å². The molecular formula is C14H21N3S. The quantitative estimate of drug-likeness (QED) is 0.830. The third-order valence-corrected chi connectivity index (χ3v) is 4.36. The Hall–Kier alpha value is -0.890. The summed E-state index contributed by atoms with van der Waals surface area (Å²) < 4.78 is 0. The second kappa shape index (κ2) is 7.52. The van der Waals surface area contributed by atoms with Crippen molar-refractivity contribution in [2.75, 3.05) is 26.2 Å². The summed E-state index contributed by atoms with van der Waals surface area (Å²) in [5, 5.41) is 12.2. The van der Waals surface area contributed by atoms with Crippen LogP contribution in [-0.4, -0.2) is 31.1 Å². The van der Waals surface area contributed by atoms with E-state index in [2.05, 4.69) is 16.3 Å². The maximum atomic E-state index is 8.75. The van der Waals surface area contributed by atoms with Gasteiger partial charge in [0, 0.05) is 24.5 Å². The first kappa shape index (κ1) is 13.5. The van der Waals surface area contributed by atoms with Gasteiger partial charge < -0.3 is 10.2 Å². The molecule has 0 bridgehead atoms. The largest absolute Gasteiger partial charge is 0.311 e. The van der Waals surface area contributed by atoms with Gasteiger partial charge in [-0.1, -0.05) is 12.8 Å². The van der Waals surface area contributed by atoms with Crippen molar-refractivity contribution < 1.29 is 0 Å². The fourth-order valence-corrected chi connectivity index (χ4v) is 3.12. The van der Waals surface area contributed by atoms with Gasteiger partial charge in [0.1, 0.15) is 10.9 Å². The molecule has 0 saturated carbocycles. The van der Waals surface area contributed by atoms with Crippen molar-refractivity contribution >= 4 is 11.3 Å². The number of nitrogens with zero attached hydrogens (tertiary/aromatic N) is 2. The number of hydrogen-bond donors (Lipinski definition) is 1. The average molecular weight is 263 g/mol. The summed E-state index contributed by atoms with van der Waals surface area (Å²) in [6.45, 7) is 5.61. The molecule has 0 aromatic carbocycles. The third-order valence-electron chi connectivity index (χ3n) is 3.37. The van der Waals surface area contributed by atoms with Crippen LogP contribution in [-0.2, 0) is 6.54 Å². The van der Waals surface area contributed by atoms with E-state index in [1.807, 2.05) is 12.1 Å². The highest BCUT2D eigenvalue weighted by atomic mass is 32.1. The fraction of sp³-hybridized carbons (Fsp3) is 0.643. The van der Waals surface area contributed by atoms with E-state index in [0.29, 0.717) is 0 Å². The van der Waals surface area contributed by atoms with Crippen molar-refractivity contribution in [3.8, 4) is 6.07 Å². The van der Waals surface area contributed by atoms with Gasteiger partial charge in [-0.15, -0.1) is 11.3 Å². The molecule has 0 unspecified atom stereocenters. The summed E-state index contributed by atoms with van der Waals surface area (Å²) in [5.41, 5.74) is 0. The van der Waals surface area contributed by atoms with Crippen LogP contribution in [0.15, 0.2) is 12.1 Å². The topological polar surface area (TPSA) is 39.1 Å². The predicted molar refractivity (Wildman–Crippen MR) is 75.6 cm³/mol. The third kappa shape index (κ3) is 4.41. The molecule has 98 valence electrons. The first-order valence-electron chi connectivity index (χ1n) is 6.80. The summed E-state index contributed by atoms with van der Waals surface area (Å²) in [6.07, 6.45) is 5.51. The van der Waals surface area contributed by atoms with Crippen molar-refractivity contribution in [3.05, 3.63) is 21.9 Å². The second-order valence-corrected chi connectivity index (χ2v) is 5.98. The maximum absolute atomic E-state index is 8.75. The van der Waals surface area contributed by atoms with Gasteiger partial charge in [-0.05, 0) is 38.1 Å². The van der Waals surface area contributed by atoms with E-state index in [1.165, 1.54) is 43.6 Å². The van der Waals surface area contributed by atoms with Crippen molar-refractivity contribution in [2.45, 2.75) is 32.2 Å². The Labute approximate surface area is 113 Å². The van der Waals surface area contributed by atoms with Gasteiger partial charge in [0.15, 0.2) is 0 Å². The van der Waals surface area contributed by atoms with E-state index in [1.54, 1.807) is 11.3 Å². The van der Waals surface area contributed by atoms with Crippen LogP contribution in [0.25, 0.3) is 0 Å². The number of thiophene rings is 1. The van der Waals surface area contributed by atoms with E-state index in [9.17, 15) is 0 Å². The molecule has 1 N–H and O–H groups in total. The Morgan fingerprint density at radius 1 is 1.22 bits per heavy atom. The van der Waals surface area contributed by atoms with Crippen molar-refractivity contribution in [2.24, 2.45) is 0 Å². The Balaban J connectivity index is 1.62. The molecular weight excluding hydrogens is 242 g/mol. The van der Waals surface area contributed by atoms with Crippen LogP contribution in [0.3, 0.4) is 0 Å². The minimum Gasteiger partial charge on any atom is -0.311 e. The SMILES string of the molecule is N#Cc1ccc(CNCCN2CCCCCC2)s1. The first-order valence-corrected chi connectivity index (χ1v) is 7.62. The number of nitrogens with one attached hydrogen (secondary N) is 1. The minimum atomic E-state index is 0.805. The molecule has 18 heavy (non-hydrogen) atoms. The highest BCUT2D eigenvalue weighted by Gasteiger charge is 2.07. The van der Waals surface area contributed by atoms with E-state index in [0.717, 1.165) is 24.5 Å². The molecule has 1 aliphatic rings. The molecule has 0 amide bonds. The molecule has 1 aromatic rings. The van der Waals surface area contributed by atoms with Gasteiger partial charge in [-0.2, -0.15) is 5.26 Å². The Morgan fingerprint density at radius 2 is 2.00 bits per heavy atom. The van der Waals surface area contributed by atoms with Gasteiger partial charge in [-0.3, -0.25) is 0 Å². The molecule has 3 nitrogen and oxygen atoms in total. The lowest BCUT2D eigenvalue weighted by Crippen LogP contribution is -2.32. The van der Waals surface area contributed by atoms with Crippen molar-refractivity contribution in [1.29, 1.82) is 5.26 Å². The Morgan fingerprint density at radius 3 is 2.67 bits per heavy atom. The zero-order chi connectivity index (χ0) is 12.6. The van der Waals surface area contributed by atoms with Crippen LogP contribution < -0.4 is 5.32 Å². The average Bonchev–Trinajstić information content (AvgIpc) is 2.70. The smallest absolute Gasteiger partial charge is 0.110 e. The summed E-state index contributed by atoms with van der Waals surface area (Å²) in [6, 6.07) is 6.12. The second-order valence-electron chi connectivity index (χ2n) is 4.81. The molecule has 1 saturated heterocycles. The summed E-state index contributed by atoms with van der Waals surface area (Å²) in [7, 11) is 0. The van der Waals surface area contributed by atoms with Gasteiger partial charge in [0.05, 0.1) is 0 Å². The number of hydrogen-bond acceptors (Lipinski definition) is 4. The molecule has 0 radical (unpaired) electrons. The summed E-state index contributed by atoms with van der Waals surface area (Å²) in [5.74, 6) is 0. The van der Waals surface area contributed by atoms with Gasteiger partial charge in [0.25, 0.3) is 0 Å². The molecule has 1 fully saturated rings. The van der Waals surface area contributed by atoms with Crippen LogP contribution in [0.4, 0.5) is 0 Å². The lowest BCUT2D eigenvalue weighted by Gasteiger charge is -2.19. The van der Waals surface area contributed by atoms with Crippen molar-refractivity contribution in [1.82, 2.24) is 10.2 Å². The van der Waals surface area contributed by atoms with Crippen molar-refractivity contribution in [3.63, 3.8) is 0 Å². The van der Waals surface area contributed by atoms with Gasteiger partial charge in [-0.25, -0.2) is 0 Å². The monoisotopic (exact) mass is 263 g/mol. The van der Waals surface area contributed by atoms with Crippen LogP contribution >= 0.6 is 11.3 Å². The molecule has 1 aromatic heterocycles. The van der Waals surface area contributed by atoms with E-state index >= 15 is 0 Å². The molecule has 0 spiro atoms. The number of likely N-dealkylation sites (tertiary alicyclic amines) is 1. The molecule has 2 rings (SSSR count). The lowest BCUT2D eigenvalue weighted by molar-refractivity contribution is 0.284. The Kier molecular flexibility index (Phi) is 5.66. The predicted octanol–water partition coefficient (Wildman–Crippen LogP) is 2.59. The number of nitriles is 1. The summed E-state index contributed by atoms with van der Waals surface area (Å²) >= 11 is 1.59. The molecule has 4 heteroatoms. The van der Waals surface area contributed by atoms with Gasteiger partial charge in [0.2, 0.25) is 0 Å². The number of rotatable bonds is 5. The highest BCUT2D eigenvalue weighted by molar-refractivity contribution is 7.12. The normalized spacial score (nSPS) is 17.3. The maximum Gasteiger partial charge on any atom is 0.110 e.